The standard InChI is InChI=1S/C24H51OP/c1-4-7-10-13-15-16-18-21-24-26(25,22-19-12-9-6-3)23-20-17-14-11-8-5-2/h4-24H2,1-3H3. The molecule has 0 spiro atoms. The second kappa shape index (κ2) is 20.0. The van der Waals surface area contributed by atoms with Crippen molar-refractivity contribution in [3.05, 3.63) is 0 Å². The molecule has 1 unspecified atom stereocenters. The second-order valence-electron chi connectivity index (χ2n) is 8.53. The predicted molar refractivity (Wildman–Crippen MR) is 122 cm³/mol. The van der Waals surface area contributed by atoms with Crippen molar-refractivity contribution in [3.63, 3.8) is 0 Å². The molecule has 0 heterocycles. The van der Waals surface area contributed by atoms with Gasteiger partial charge in [0.15, 0.2) is 0 Å². The summed E-state index contributed by atoms with van der Waals surface area (Å²) in [4.78, 5) is 0. The van der Waals surface area contributed by atoms with Crippen molar-refractivity contribution in [2.75, 3.05) is 18.5 Å². The molecule has 0 aromatic rings. The number of unbranched alkanes of at least 4 members (excludes halogenated alkanes) is 15. The van der Waals surface area contributed by atoms with E-state index in [4.69, 9.17) is 0 Å². The van der Waals surface area contributed by atoms with E-state index in [2.05, 4.69) is 20.8 Å². The Balaban J connectivity index is 3.97. The van der Waals surface area contributed by atoms with Crippen LogP contribution >= 0.6 is 7.14 Å². The minimum absolute atomic E-state index is 1.04. The molecule has 0 amide bonds. The molecule has 1 atom stereocenters. The molecule has 0 aliphatic rings. The molecule has 0 aromatic heterocycles. The number of rotatable bonds is 21. The van der Waals surface area contributed by atoms with Gasteiger partial charge in [0.05, 0.1) is 7.14 Å². The zero-order chi connectivity index (χ0) is 19.3. The third-order valence-corrected chi connectivity index (χ3v) is 9.15. The molecule has 0 aliphatic carbocycles. The van der Waals surface area contributed by atoms with Crippen LogP contribution in [0.3, 0.4) is 0 Å². The molecule has 0 bridgehead atoms. The van der Waals surface area contributed by atoms with Crippen molar-refractivity contribution >= 4 is 7.14 Å². The molecule has 0 rings (SSSR count). The lowest BCUT2D eigenvalue weighted by atomic mass is 10.1. The first-order valence-corrected chi connectivity index (χ1v) is 14.5. The van der Waals surface area contributed by atoms with Gasteiger partial charge in [-0.15, -0.1) is 0 Å². The minimum atomic E-state index is -1.88. The highest BCUT2D eigenvalue weighted by Gasteiger charge is 2.20. The van der Waals surface area contributed by atoms with Crippen LogP contribution in [-0.4, -0.2) is 18.5 Å². The third kappa shape index (κ3) is 17.6. The van der Waals surface area contributed by atoms with Gasteiger partial charge in [-0.1, -0.05) is 117 Å². The Kier molecular flexibility index (Phi) is 20.2. The largest absolute Gasteiger partial charge is 0.324 e. The maximum absolute atomic E-state index is 13.4. The van der Waals surface area contributed by atoms with Crippen LogP contribution < -0.4 is 0 Å². The van der Waals surface area contributed by atoms with Crippen molar-refractivity contribution in [2.24, 2.45) is 0 Å². The smallest absolute Gasteiger partial charge is 0.0877 e. The Bertz CT molecular complexity index is 313. The summed E-state index contributed by atoms with van der Waals surface area (Å²) >= 11 is 0. The Morgan fingerprint density at radius 3 is 0.923 bits per heavy atom. The summed E-state index contributed by atoms with van der Waals surface area (Å²) in [6.45, 7) is 6.81. The average Bonchev–Trinajstić information content (AvgIpc) is 2.64. The summed E-state index contributed by atoms with van der Waals surface area (Å²) in [5.74, 6) is 0. The SMILES string of the molecule is CCCCCCCCCCP(=O)(CCCCCC)CCCCCCCC. The lowest BCUT2D eigenvalue weighted by Gasteiger charge is -2.18. The summed E-state index contributed by atoms with van der Waals surface area (Å²) in [5, 5.41) is 0. The van der Waals surface area contributed by atoms with Crippen molar-refractivity contribution in [1.29, 1.82) is 0 Å². The van der Waals surface area contributed by atoms with E-state index in [9.17, 15) is 4.57 Å². The molecule has 0 N–H and O–H groups in total. The van der Waals surface area contributed by atoms with E-state index in [0.717, 1.165) is 18.5 Å². The molecule has 1 nitrogen and oxygen atoms in total. The molecule has 158 valence electrons. The Hall–Kier alpha value is 0.230. The van der Waals surface area contributed by atoms with Gasteiger partial charge in [0.2, 0.25) is 0 Å². The van der Waals surface area contributed by atoms with Crippen LogP contribution in [0.5, 0.6) is 0 Å². The molecule has 26 heavy (non-hydrogen) atoms. The van der Waals surface area contributed by atoms with Gasteiger partial charge in [-0.05, 0) is 19.3 Å². The monoisotopic (exact) mass is 386 g/mol. The highest BCUT2D eigenvalue weighted by atomic mass is 31.2. The summed E-state index contributed by atoms with van der Waals surface area (Å²) in [6, 6.07) is 0. The third-order valence-electron chi connectivity index (χ3n) is 5.76. The fraction of sp³-hybridized carbons (Fsp3) is 1.00. The van der Waals surface area contributed by atoms with Crippen LogP contribution in [0, 0.1) is 0 Å². The van der Waals surface area contributed by atoms with E-state index in [1.54, 1.807) is 0 Å². The van der Waals surface area contributed by atoms with Crippen LogP contribution in [0.2, 0.25) is 0 Å². The highest BCUT2D eigenvalue weighted by molar-refractivity contribution is 7.63. The fourth-order valence-electron chi connectivity index (χ4n) is 3.88. The van der Waals surface area contributed by atoms with E-state index < -0.39 is 7.14 Å². The van der Waals surface area contributed by atoms with Crippen LogP contribution in [0.1, 0.15) is 136 Å². The van der Waals surface area contributed by atoms with Crippen molar-refractivity contribution in [1.82, 2.24) is 0 Å². The van der Waals surface area contributed by atoms with Gasteiger partial charge in [0.1, 0.15) is 0 Å². The van der Waals surface area contributed by atoms with E-state index >= 15 is 0 Å². The Morgan fingerprint density at radius 2 is 0.615 bits per heavy atom. The van der Waals surface area contributed by atoms with Gasteiger partial charge >= 0.3 is 0 Å². The minimum Gasteiger partial charge on any atom is -0.324 e. The van der Waals surface area contributed by atoms with Gasteiger partial charge in [-0.3, -0.25) is 0 Å². The molecule has 0 aliphatic heterocycles. The van der Waals surface area contributed by atoms with Crippen molar-refractivity contribution in [2.45, 2.75) is 136 Å². The quantitative estimate of drug-likeness (QED) is 0.142. The first kappa shape index (κ1) is 26.2. The normalized spacial score (nSPS) is 13.8. The summed E-state index contributed by atoms with van der Waals surface area (Å²) in [5.41, 5.74) is 0. The van der Waals surface area contributed by atoms with Crippen LogP contribution in [-0.2, 0) is 4.57 Å². The first-order valence-electron chi connectivity index (χ1n) is 12.3. The first-order chi connectivity index (χ1) is 12.7. The van der Waals surface area contributed by atoms with Crippen molar-refractivity contribution in [3.8, 4) is 0 Å². The van der Waals surface area contributed by atoms with E-state index in [0.29, 0.717) is 0 Å². The maximum Gasteiger partial charge on any atom is 0.0877 e. The van der Waals surface area contributed by atoms with Gasteiger partial charge in [-0.25, -0.2) is 0 Å². The Labute approximate surface area is 166 Å². The highest BCUT2D eigenvalue weighted by Crippen LogP contribution is 2.48. The molecule has 0 saturated heterocycles. The van der Waals surface area contributed by atoms with E-state index in [-0.39, 0.29) is 0 Å². The molecule has 0 aromatic carbocycles. The second-order valence-corrected chi connectivity index (χ2v) is 12.0. The van der Waals surface area contributed by atoms with Gasteiger partial charge in [0, 0.05) is 18.5 Å². The molecular formula is C24H51OP. The fourth-order valence-corrected chi connectivity index (χ4v) is 6.95. The molecular weight excluding hydrogens is 335 g/mol. The zero-order valence-corrected chi connectivity index (χ0v) is 19.6. The van der Waals surface area contributed by atoms with Crippen LogP contribution in [0.4, 0.5) is 0 Å². The molecule has 0 saturated carbocycles. The van der Waals surface area contributed by atoms with E-state index in [1.165, 1.54) is 116 Å². The Morgan fingerprint density at radius 1 is 0.385 bits per heavy atom. The lowest BCUT2D eigenvalue weighted by molar-refractivity contribution is 0.554. The van der Waals surface area contributed by atoms with E-state index in [1.807, 2.05) is 0 Å². The van der Waals surface area contributed by atoms with Crippen LogP contribution in [0.25, 0.3) is 0 Å². The number of hydrogen-bond donors (Lipinski definition) is 0. The van der Waals surface area contributed by atoms with Gasteiger partial charge in [0.25, 0.3) is 0 Å². The maximum atomic E-state index is 13.4. The van der Waals surface area contributed by atoms with Crippen LogP contribution in [0.15, 0.2) is 0 Å². The average molecular weight is 387 g/mol. The summed E-state index contributed by atoms with van der Waals surface area (Å²) in [6.07, 6.45) is 26.9. The lowest BCUT2D eigenvalue weighted by Crippen LogP contribution is -2.02. The number of hydrogen-bond acceptors (Lipinski definition) is 1. The zero-order valence-electron chi connectivity index (χ0n) is 18.7. The molecule has 0 fully saturated rings. The van der Waals surface area contributed by atoms with Gasteiger partial charge < -0.3 is 4.57 Å². The van der Waals surface area contributed by atoms with Gasteiger partial charge in [-0.2, -0.15) is 0 Å². The van der Waals surface area contributed by atoms with Crippen molar-refractivity contribution < 1.29 is 4.57 Å². The molecule has 0 radical (unpaired) electrons. The molecule has 2 heteroatoms. The topological polar surface area (TPSA) is 17.1 Å². The summed E-state index contributed by atoms with van der Waals surface area (Å²) in [7, 11) is -1.88. The summed E-state index contributed by atoms with van der Waals surface area (Å²) < 4.78 is 13.4. The predicted octanol–water partition coefficient (Wildman–Crippen LogP) is 9.43.